The average molecular weight is 594 g/mol. The van der Waals surface area contributed by atoms with Crippen LogP contribution in [0.4, 0.5) is 0 Å². The largest absolute Gasteiger partial charge is 0.480 e. The fourth-order valence-electron chi connectivity index (χ4n) is 8.08. The van der Waals surface area contributed by atoms with Crippen LogP contribution >= 0.6 is 0 Å². The number of hydrogen-bond acceptors (Lipinski definition) is 4. The summed E-state index contributed by atoms with van der Waals surface area (Å²) < 4.78 is 0. The van der Waals surface area contributed by atoms with Gasteiger partial charge in [0.1, 0.15) is 5.41 Å². The molecule has 0 bridgehead atoms. The number of primary amides is 1. The van der Waals surface area contributed by atoms with Crippen LogP contribution in [0, 0.1) is 0 Å². The van der Waals surface area contributed by atoms with Crippen LogP contribution in [0.25, 0.3) is 11.1 Å². The molecule has 6 rings (SSSR count). The number of nitrogens with two attached hydrogens (primary N) is 1. The molecule has 7 heteroatoms. The molecule has 44 heavy (non-hydrogen) atoms. The highest BCUT2D eigenvalue weighted by atomic mass is 16.4. The molecule has 1 saturated heterocycles. The van der Waals surface area contributed by atoms with E-state index in [2.05, 4.69) is 4.90 Å². The second-order valence-corrected chi connectivity index (χ2v) is 12.8. The number of carbonyl (C=O) groups is 3. The van der Waals surface area contributed by atoms with Crippen molar-refractivity contribution in [1.29, 1.82) is 0 Å². The monoisotopic (exact) mass is 593 g/mol. The third kappa shape index (κ3) is 5.32. The van der Waals surface area contributed by atoms with Gasteiger partial charge in [0.05, 0.1) is 11.8 Å². The number of carboxylic acid groups (broad SMARTS) is 1. The molecule has 3 aromatic rings. The van der Waals surface area contributed by atoms with E-state index in [1.807, 2.05) is 77.7 Å². The minimum Gasteiger partial charge on any atom is -0.480 e. The van der Waals surface area contributed by atoms with Gasteiger partial charge in [0, 0.05) is 26.2 Å². The summed E-state index contributed by atoms with van der Waals surface area (Å²) in [6.45, 7) is 3.93. The Labute approximate surface area is 260 Å². The predicted molar refractivity (Wildman–Crippen MR) is 171 cm³/mol. The molecule has 0 radical (unpaired) electrons. The average Bonchev–Trinajstić information content (AvgIpc) is 3.35. The highest BCUT2D eigenvalue weighted by Gasteiger charge is 2.53. The van der Waals surface area contributed by atoms with Gasteiger partial charge in [-0.2, -0.15) is 0 Å². The lowest BCUT2D eigenvalue weighted by molar-refractivity contribution is -0.142. The van der Waals surface area contributed by atoms with Crippen molar-refractivity contribution in [3.05, 3.63) is 95.1 Å². The first-order valence-electron chi connectivity index (χ1n) is 16.2. The zero-order valence-electron chi connectivity index (χ0n) is 25.5. The molecule has 1 saturated carbocycles. The van der Waals surface area contributed by atoms with Gasteiger partial charge in [-0.05, 0) is 65.6 Å². The second-order valence-electron chi connectivity index (χ2n) is 12.8. The number of benzene rings is 3. The first-order valence-corrected chi connectivity index (χ1v) is 16.2. The van der Waals surface area contributed by atoms with Crippen LogP contribution in [0.5, 0.6) is 0 Å². The second kappa shape index (κ2) is 12.6. The Bertz CT molecular complexity index is 1520. The maximum Gasteiger partial charge on any atom is 0.318 e. The third-order valence-corrected chi connectivity index (χ3v) is 10.4. The van der Waals surface area contributed by atoms with Gasteiger partial charge in [-0.1, -0.05) is 98.5 Å². The number of amides is 2. The lowest BCUT2D eigenvalue weighted by Crippen LogP contribution is -2.49. The Morgan fingerprint density at radius 2 is 1.41 bits per heavy atom. The summed E-state index contributed by atoms with van der Waals surface area (Å²) >= 11 is 0. The SMILES string of the molecule is NC(=O)C1(c2cccc3c2C(CCCCN2CCN(C(=O)Cc4ccccc4)CC2)(C(=O)O)c2ccccc2-3)CCCCC1. The van der Waals surface area contributed by atoms with Crippen molar-refractivity contribution in [1.82, 2.24) is 9.80 Å². The Morgan fingerprint density at radius 1 is 0.750 bits per heavy atom. The van der Waals surface area contributed by atoms with Crippen LogP contribution in [0.3, 0.4) is 0 Å². The fraction of sp³-hybridized carbons (Fsp3) is 0.432. The fourth-order valence-corrected chi connectivity index (χ4v) is 8.08. The van der Waals surface area contributed by atoms with Gasteiger partial charge in [-0.3, -0.25) is 19.3 Å². The molecule has 1 heterocycles. The maximum absolute atomic E-state index is 13.5. The van der Waals surface area contributed by atoms with Crippen molar-refractivity contribution in [2.24, 2.45) is 5.73 Å². The van der Waals surface area contributed by atoms with Gasteiger partial charge in [-0.15, -0.1) is 0 Å². The molecule has 0 spiro atoms. The molecular formula is C37H43N3O4. The quantitative estimate of drug-likeness (QED) is 0.311. The summed E-state index contributed by atoms with van der Waals surface area (Å²) in [5, 5.41) is 11.1. The van der Waals surface area contributed by atoms with Gasteiger partial charge in [0.2, 0.25) is 11.8 Å². The Kier molecular flexibility index (Phi) is 8.59. The van der Waals surface area contributed by atoms with Crippen molar-refractivity contribution < 1.29 is 19.5 Å². The summed E-state index contributed by atoms with van der Waals surface area (Å²) in [6, 6.07) is 23.7. The van der Waals surface area contributed by atoms with E-state index in [4.69, 9.17) is 5.73 Å². The molecule has 1 unspecified atom stereocenters. The van der Waals surface area contributed by atoms with Crippen LogP contribution in [-0.4, -0.2) is 65.4 Å². The number of nitrogens with zero attached hydrogens (tertiary/aromatic N) is 2. The highest BCUT2D eigenvalue weighted by Crippen LogP contribution is 2.56. The number of rotatable bonds is 10. The molecule has 7 nitrogen and oxygen atoms in total. The number of hydrogen-bond donors (Lipinski definition) is 2. The number of carboxylic acids is 1. The van der Waals surface area contributed by atoms with Crippen molar-refractivity contribution >= 4 is 17.8 Å². The molecular weight excluding hydrogens is 550 g/mol. The standard InChI is InChI=1S/C37H43N3O4/c38-34(42)36(18-7-2-8-19-36)31-17-11-15-29-28-14-5-6-16-30(28)37(33(29)31,35(43)44)20-9-10-21-39-22-24-40(25-23-39)32(41)26-27-12-3-1-4-13-27/h1,3-6,11-17H,2,7-10,18-26H2,(H2,38,42)(H,43,44). The molecule has 3 aliphatic rings. The summed E-state index contributed by atoms with van der Waals surface area (Å²) in [6.07, 6.45) is 6.65. The van der Waals surface area contributed by atoms with E-state index in [1.54, 1.807) is 0 Å². The maximum atomic E-state index is 13.5. The van der Waals surface area contributed by atoms with Gasteiger partial charge in [0.25, 0.3) is 0 Å². The van der Waals surface area contributed by atoms with Crippen LogP contribution in [0.15, 0.2) is 72.8 Å². The minimum atomic E-state index is -1.23. The Hall–Kier alpha value is -3.97. The molecule has 0 aromatic heterocycles. The zero-order valence-corrected chi connectivity index (χ0v) is 25.5. The Balaban J connectivity index is 1.18. The van der Waals surface area contributed by atoms with Crippen molar-refractivity contribution in [3.8, 4) is 11.1 Å². The van der Waals surface area contributed by atoms with Crippen molar-refractivity contribution in [2.45, 2.75) is 68.6 Å². The number of aliphatic carboxylic acids is 1. The van der Waals surface area contributed by atoms with E-state index in [-0.39, 0.29) is 11.8 Å². The summed E-state index contributed by atoms with van der Waals surface area (Å²) in [5.74, 6) is -1.04. The molecule has 3 N–H and O–H groups in total. The van der Waals surface area contributed by atoms with E-state index >= 15 is 0 Å². The van der Waals surface area contributed by atoms with Gasteiger partial charge in [-0.25, -0.2) is 0 Å². The van der Waals surface area contributed by atoms with Crippen molar-refractivity contribution in [2.75, 3.05) is 32.7 Å². The van der Waals surface area contributed by atoms with Gasteiger partial charge >= 0.3 is 5.97 Å². The predicted octanol–water partition coefficient (Wildman–Crippen LogP) is 5.28. The molecule has 3 aromatic carbocycles. The molecule has 2 amide bonds. The number of piperazine rings is 1. The van der Waals surface area contributed by atoms with E-state index in [1.165, 1.54) is 0 Å². The van der Waals surface area contributed by atoms with E-state index < -0.39 is 16.8 Å². The highest BCUT2D eigenvalue weighted by molar-refractivity contribution is 6.00. The van der Waals surface area contributed by atoms with Crippen LogP contribution < -0.4 is 5.73 Å². The van der Waals surface area contributed by atoms with Crippen LogP contribution in [0.1, 0.15) is 73.6 Å². The Morgan fingerprint density at radius 3 is 2.11 bits per heavy atom. The smallest absolute Gasteiger partial charge is 0.318 e. The van der Waals surface area contributed by atoms with Gasteiger partial charge in [0.15, 0.2) is 0 Å². The minimum absolute atomic E-state index is 0.167. The molecule has 1 aliphatic heterocycles. The first kappa shape index (κ1) is 30.1. The lowest BCUT2D eigenvalue weighted by Gasteiger charge is -2.39. The lowest BCUT2D eigenvalue weighted by atomic mass is 9.63. The van der Waals surface area contributed by atoms with E-state index in [9.17, 15) is 19.5 Å². The molecule has 2 aliphatic carbocycles. The molecule has 1 atom stereocenters. The third-order valence-electron chi connectivity index (χ3n) is 10.4. The summed E-state index contributed by atoms with van der Waals surface area (Å²) in [5.41, 5.74) is 9.39. The molecule has 230 valence electrons. The molecule has 2 fully saturated rings. The van der Waals surface area contributed by atoms with E-state index in [0.29, 0.717) is 38.8 Å². The first-order chi connectivity index (χ1) is 21.4. The number of unbranched alkanes of at least 4 members (excludes halogenated alkanes) is 1. The van der Waals surface area contributed by atoms with Crippen LogP contribution in [-0.2, 0) is 31.6 Å². The van der Waals surface area contributed by atoms with Crippen LogP contribution in [0.2, 0.25) is 0 Å². The topological polar surface area (TPSA) is 104 Å². The zero-order chi connectivity index (χ0) is 30.7. The number of carbonyl (C=O) groups excluding carboxylic acids is 2. The van der Waals surface area contributed by atoms with Gasteiger partial charge < -0.3 is 15.7 Å². The summed E-state index contributed by atoms with van der Waals surface area (Å²) in [7, 11) is 0. The van der Waals surface area contributed by atoms with Crippen molar-refractivity contribution in [3.63, 3.8) is 0 Å². The normalized spacial score (nSPS) is 21.0. The number of fused-ring (bicyclic) bond motifs is 3. The van der Waals surface area contributed by atoms with E-state index in [0.717, 1.165) is 85.1 Å². The summed E-state index contributed by atoms with van der Waals surface area (Å²) in [4.78, 5) is 43.8.